The van der Waals surface area contributed by atoms with Gasteiger partial charge in [0.2, 0.25) is 0 Å². The highest BCUT2D eigenvalue weighted by molar-refractivity contribution is 5.99. The zero-order valence-corrected chi connectivity index (χ0v) is 7.31. The molecule has 1 N–H and O–H groups in total. The maximum Gasteiger partial charge on any atom is 0.164 e. The van der Waals surface area contributed by atoms with Crippen LogP contribution in [0.15, 0.2) is 6.20 Å². The van der Waals surface area contributed by atoms with Crippen LogP contribution in [0.5, 0.6) is 0 Å². The molecule has 0 aliphatic heterocycles. The van der Waals surface area contributed by atoms with Crippen molar-refractivity contribution >= 4 is 5.78 Å². The number of aryl methyl sites for hydroxylation is 2. The van der Waals surface area contributed by atoms with Crippen molar-refractivity contribution in [1.29, 1.82) is 0 Å². The molecular formula is C10H13NO. The van der Waals surface area contributed by atoms with Gasteiger partial charge in [0.1, 0.15) is 0 Å². The van der Waals surface area contributed by atoms with Gasteiger partial charge in [-0.1, -0.05) is 6.92 Å². The minimum atomic E-state index is 0.328. The average Bonchev–Trinajstić information content (AvgIpc) is 2.49. The second-order valence-corrected chi connectivity index (χ2v) is 3.30. The smallest absolute Gasteiger partial charge is 0.164 e. The number of ketones is 1. The van der Waals surface area contributed by atoms with Gasteiger partial charge in [-0.05, 0) is 24.8 Å². The Bertz CT molecular complexity index is 298. The van der Waals surface area contributed by atoms with E-state index in [1.807, 2.05) is 6.20 Å². The molecule has 0 fully saturated rings. The monoisotopic (exact) mass is 163 g/mol. The SMILES string of the molecule is CCc1c[nH]c2c1C(=O)CCC2. The van der Waals surface area contributed by atoms with E-state index in [-0.39, 0.29) is 0 Å². The molecule has 0 saturated heterocycles. The number of carbonyl (C=O) groups excluding carboxylic acids is 1. The lowest BCUT2D eigenvalue weighted by Gasteiger charge is -2.10. The van der Waals surface area contributed by atoms with Crippen molar-refractivity contribution in [3.8, 4) is 0 Å². The predicted molar refractivity (Wildman–Crippen MR) is 47.4 cm³/mol. The maximum atomic E-state index is 11.5. The lowest BCUT2D eigenvalue weighted by atomic mass is 9.93. The quantitative estimate of drug-likeness (QED) is 0.675. The van der Waals surface area contributed by atoms with Crippen molar-refractivity contribution in [3.63, 3.8) is 0 Å². The number of hydrogen-bond donors (Lipinski definition) is 1. The molecule has 0 spiro atoms. The molecule has 1 heterocycles. The minimum absolute atomic E-state index is 0.328. The average molecular weight is 163 g/mol. The van der Waals surface area contributed by atoms with Gasteiger partial charge < -0.3 is 4.98 Å². The van der Waals surface area contributed by atoms with E-state index in [0.29, 0.717) is 5.78 Å². The number of aromatic amines is 1. The molecule has 0 bridgehead atoms. The van der Waals surface area contributed by atoms with Crippen LogP contribution in [0, 0.1) is 0 Å². The Kier molecular flexibility index (Phi) is 1.75. The highest BCUT2D eigenvalue weighted by Gasteiger charge is 2.20. The summed E-state index contributed by atoms with van der Waals surface area (Å²) in [6.45, 7) is 2.09. The zero-order chi connectivity index (χ0) is 8.55. The number of fused-ring (bicyclic) bond motifs is 1. The molecule has 0 aromatic carbocycles. The van der Waals surface area contributed by atoms with Gasteiger partial charge in [0.15, 0.2) is 5.78 Å². The van der Waals surface area contributed by atoms with Crippen LogP contribution < -0.4 is 0 Å². The maximum absolute atomic E-state index is 11.5. The van der Waals surface area contributed by atoms with Crippen LogP contribution in [0.3, 0.4) is 0 Å². The summed E-state index contributed by atoms with van der Waals surface area (Å²) in [6, 6.07) is 0. The number of rotatable bonds is 1. The molecule has 0 radical (unpaired) electrons. The topological polar surface area (TPSA) is 32.9 Å². The lowest BCUT2D eigenvalue weighted by molar-refractivity contribution is 0.0971. The van der Waals surface area contributed by atoms with Crippen LogP contribution in [-0.2, 0) is 12.8 Å². The van der Waals surface area contributed by atoms with Crippen molar-refractivity contribution in [2.75, 3.05) is 0 Å². The molecule has 1 aromatic rings. The molecule has 12 heavy (non-hydrogen) atoms. The fraction of sp³-hybridized carbons (Fsp3) is 0.500. The zero-order valence-electron chi connectivity index (χ0n) is 7.31. The fourth-order valence-corrected chi connectivity index (χ4v) is 1.89. The van der Waals surface area contributed by atoms with Gasteiger partial charge in [0.25, 0.3) is 0 Å². The van der Waals surface area contributed by atoms with Gasteiger partial charge in [0.05, 0.1) is 0 Å². The van der Waals surface area contributed by atoms with Gasteiger partial charge >= 0.3 is 0 Å². The first-order valence-electron chi connectivity index (χ1n) is 4.55. The molecule has 1 aliphatic rings. The van der Waals surface area contributed by atoms with Crippen molar-refractivity contribution in [2.24, 2.45) is 0 Å². The highest BCUT2D eigenvalue weighted by atomic mass is 16.1. The molecule has 0 saturated carbocycles. The molecule has 1 aliphatic carbocycles. The van der Waals surface area contributed by atoms with E-state index in [2.05, 4.69) is 11.9 Å². The first-order valence-corrected chi connectivity index (χ1v) is 4.55. The van der Waals surface area contributed by atoms with E-state index in [0.717, 1.165) is 36.9 Å². The molecule has 2 nitrogen and oxygen atoms in total. The van der Waals surface area contributed by atoms with E-state index in [4.69, 9.17) is 0 Å². The summed E-state index contributed by atoms with van der Waals surface area (Å²) in [6.07, 6.45) is 5.72. The summed E-state index contributed by atoms with van der Waals surface area (Å²) < 4.78 is 0. The summed E-state index contributed by atoms with van der Waals surface area (Å²) in [5, 5.41) is 0. The molecule has 0 atom stereocenters. The Morgan fingerprint density at radius 3 is 3.08 bits per heavy atom. The minimum Gasteiger partial charge on any atom is -0.364 e. The summed E-state index contributed by atoms with van der Waals surface area (Å²) in [4.78, 5) is 14.7. The number of nitrogens with one attached hydrogen (secondary N) is 1. The van der Waals surface area contributed by atoms with Crippen LogP contribution in [0.1, 0.15) is 41.4 Å². The van der Waals surface area contributed by atoms with Gasteiger partial charge in [-0.25, -0.2) is 0 Å². The third-order valence-corrected chi connectivity index (χ3v) is 2.53. The summed E-state index contributed by atoms with van der Waals surface area (Å²) >= 11 is 0. The second kappa shape index (κ2) is 2.77. The molecular weight excluding hydrogens is 150 g/mol. The molecule has 1 aromatic heterocycles. The molecule has 2 heteroatoms. The van der Waals surface area contributed by atoms with E-state index < -0.39 is 0 Å². The van der Waals surface area contributed by atoms with Crippen LogP contribution in [0.2, 0.25) is 0 Å². The molecule has 2 rings (SSSR count). The number of hydrogen-bond acceptors (Lipinski definition) is 1. The molecule has 0 amide bonds. The van der Waals surface area contributed by atoms with Crippen LogP contribution >= 0.6 is 0 Å². The summed E-state index contributed by atoms with van der Waals surface area (Å²) in [5.74, 6) is 0.328. The Balaban J connectivity index is 2.50. The van der Waals surface area contributed by atoms with Crippen molar-refractivity contribution in [3.05, 3.63) is 23.0 Å². The van der Waals surface area contributed by atoms with Crippen molar-refractivity contribution in [2.45, 2.75) is 32.6 Å². The van der Waals surface area contributed by atoms with Crippen LogP contribution in [-0.4, -0.2) is 10.8 Å². The van der Waals surface area contributed by atoms with Crippen LogP contribution in [0.25, 0.3) is 0 Å². The third-order valence-electron chi connectivity index (χ3n) is 2.53. The number of aromatic nitrogens is 1. The summed E-state index contributed by atoms with van der Waals surface area (Å²) in [7, 11) is 0. The summed E-state index contributed by atoms with van der Waals surface area (Å²) in [5.41, 5.74) is 3.33. The Morgan fingerprint density at radius 1 is 1.50 bits per heavy atom. The second-order valence-electron chi connectivity index (χ2n) is 3.30. The van der Waals surface area contributed by atoms with Gasteiger partial charge in [-0.3, -0.25) is 4.79 Å². The van der Waals surface area contributed by atoms with Crippen molar-refractivity contribution in [1.82, 2.24) is 4.98 Å². The third kappa shape index (κ3) is 0.986. The molecule has 0 unspecified atom stereocenters. The fourth-order valence-electron chi connectivity index (χ4n) is 1.89. The van der Waals surface area contributed by atoms with E-state index in [1.165, 1.54) is 5.56 Å². The van der Waals surface area contributed by atoms with E-state index >= 15 is 0 Å². The predicted octanol–water partition coefficient (Wildman–Crippen LogP) is 2.10. The largest absolute Gasteiger partial charge is 0.364 e. The van der Waals surface area contributed by atoms with E-state index in [1.54, 1.807) is 0 Å². The van der Waals surface area contributed by atoms with Gasteiger partial charge in [0, 0.05) is 23.9 Å². The highest BCUT2D eigenvalue weighted by Crippen LogP contribution is 2.23. The first-order chi connectivity index (χ1) is 5.83. The molecule has 64 valence electrons. The number of carbonyl (C=O) groups is 1. The number of H-pyrrole nitrogens is 1. The van der Waals surface area contributed by atoms with Gasteiger partial charge in [-0.2, -0.15) is 0 Å². The Hall–Kier alpha value is -1.05. The normalized spacial score (nSPS) is 16.2. The Morgan fingerprint density at radius 2 is 2.33 bits per heavy atom. The van der Waals surface area contributed by atoms with E-state index in [9.17, 15) is 4.79 Å². The number of Topliss-reactive ketones (excluding diaryl/α,β-unsaturated/α-hetero) is 1. The lowest BCUT2D eigenvalue weighted by Crippen LogP contribution is -2.10. The van der Waals surface area contributed by atoms with Gasteiger partial charge in [-0.15, -0.1) is 0 Å². The van der Waals surface area contributed by atoms with Crippen LogP contribution in [0.4, 0.5) is 0 Å². The Labute approximate surface area is 72.0 Å². The standard InChI is InChI=1S/C10H13NO/c1-2-7-6-11-8-4-3-5-9(12)10(7)8/h6,11H,2-5H2,1H3. The first kappa shape index (κ1) is 7.59. The van der Waals surface area contributed by atoms with Crippen molar-refractivity contribution < 1.29 is 4.79 Å².